The summed E-state index contributed by atoms with van der Waals surface area (Å²) >= 11 is 0. The highest BCUT2D eigenvalue weighted by Gasteiger charge is 2.43. The largest absolute Gasteiger partial charge is 0.504 e. The van der Waals surface area contributed by atoms with Crippen LogP contribution < -0.4 is 23.7 Å². The van der Waals surface area contributed by atoms with Crippen molar-refractivity contribution in [3.63, 3.8) is 0 Å². The average Bonchev–Trinajstić information content (AvgIpc) is 3.00. The highest BCUT2D eigenvalue weighted by Crippen LogP contribution is 2.59. The molecule has 0 spiro atoms. The zero-order valence-corrected chi connectivity index (χ0v) is 25.0. The first-order chi connectivity index (χ1) is 20.1. The van der Waals surface area contributed by atoms with Gasteiger partial charge in [0.15, 0.2) is 23.0 Å². The lowest BCUT2D eigenvalue weighted by molar-refractivity contribution is -0.151. The molecule has 42 heavy (non-hydrogen) atoms. The number of aromatic hydroxyl groups is 1. The van der Waals surface area contributed by atoms with E-state index in [1.165, 1.54) is 42.5 Å². The molecule has 0 amide bonds. The number of hydrogen-bond acceptors (Lipinski definition) is 10. The summed E-state index contributed by atoms with van der Waals surface area (Å²) in [4.78, 5) is 25.9. The topological polar surface area (TPSA) is 119 Å². The Labute approximate surface area is 245 Å². The first-order valence-corrected chi connectivity index (χ1v) is 13.4. The van der Waals surface area contributed by atoms with Gasteiger partial charge < -0.3 is 38.3 Å². The van der Waals surface area contributed by atoms with Gasteiger partial charge >= 0.3 is 11.9 Å². The maximum Gasteiger partial charge on any atom is 0.338 e. The van der Waals surface area contributed by atoms with Crippen molar-refractivity contribution in [2.45, 2.75) is 33.0 Å². The summed E-state index contributed by atoms with van der Waals surface area (Å²) in [6.45, 7) is 5.12. The maximum atomic E-state index is 13.5. The number of phenolic OH excluding ortho intramolecular Hbond substituents is 1. The summed E-state index contributed by atoms with van der Waals surface area (Å²) < 4.78 is 40.5. The number of benzene rings is 3. The highest BCUT2D eigenvalue weighted by atomic mass is 16.6. The van der Waals surface area contributed by atoms with E-state index in [0.717, 1.165) is 0 Å². The second-order valence-electron chi connectivity index (χ2n) is 9.97. The summed E-state index contributed by atoms with van der Waals surface area (Å²) in [6, 6.07) is 12.0. The van der Waals surface area contributed by atoms with Gasteiger partial charge in [0, 0.05) is 41.0 Å². The first-order valence-electron chi connectivity index (χ1n) is 13.4. The van der Waals surface area contributed by atoms with E-state index in [1.807, 2.05) is 13.8 Å². The van der Waals surface area contributed by atoms with E-state index in [9.17, 15) is 14.7 Å². The van der Waals surface area contributed by atoms with Gasteiger partial charge in [-0.3, -0.25) is 4.79 Å². The Kier molecular flexibility index (Phi) is 9.04. The predicted octanol–water partition coefficient (Wildman–Crippen LogP) is 5.89. The minimum atomic E-state index is -0.933. The zero-order valence-electron chi connectivity index (χ0n) is 25.0. The van der Waals surface area contributed by atoms with Crippen LogP contribution in [-0.2, 0) is 14.3 Å². The number of carbonyl (C=O) groups is 2. The molecule has 0 fully saturated rings. The molecule has 0 bridgehead atoms. The van der Waals surface area contributed by atoms with Crippen LogP contribution in [0.25, 0.3) is 11.1 Å². The van der Waals surface area contributed by atoms with Gasteiger partial charge in [0.1, 0.15) is 12.2 Å². The second kappa shape index (κ2) is 12.5. The molecule has 1 N–H and O–H groups in total. The highest BCUT2D eigenvalue weighted by molar-refractivity contribution is 5.91. The Bertz CT molecular complexity index is 1470. The summed E-state index contributed by atoms with van der Waals surface area (Å²) in [5.74, 6) is -1.15. The lowest BCUT2D eigenvalue weighted by Gasteiger charge is -2.38. The van der Waals surface area contributed by atoms with Crippen molar-refractivity contribution in [1.29, 1.82) is 0 Å². The third-order valence-corrected chi connectivity index (χ3v) is 7.72. The number of ether oxygens (including phenoxy) is 7. The number of esters is 2. The first kappa shape index (κ1) is 30.4. The normalized spacial score (nSPS) is 19.2. The summed E-state index contributed by atoms with van der Waals surface area (Å²) in [5, 5.41) is 11.8. The van der Waals surface area contributed by atoms with E-state index in [0.29, 0.717) is 28.0 Å². The molecule has 224 valence electrons. The molecule has 3 aromatic carbocycles. The van der Waals surface area contributed by atoms with Crippen molar-refractivity contribution in [1.82, 2.24) is 0 Å². The predicted molar refractivity (Wildman–Crippen MR) is 154 cm³/mol. The van der Waals surface area contributed by atoms with Crippen LogP contribution in [0.1, 0.15) is 54.5 Å². The molecule has 4 rings (SSSR count). The van der Waals surface area contributed by atoms with Gasteiger partial charge in [0.25, 0.3) is 0 Å². The molecule has 3 aromatic rings. The quantitative estimate of drug-likeness (QED) is 0.323. The molecule has 0 aromatic heterocycles. The fourth-order valence-electron chi connectivity index (χ4n) is 5.54. The zero-order chi connectivity index (χ0) is 30.7. The Hall–Kier alpha value is -4.60. The average molecular weight is 581 g/mol. The Morgan fingerprint density at radius 1 is 0.667 bits per heavy atom. The van der Waals surface area contributed by atoms with Crippen LogP contribution >= 0.6 is 0 Å². The Morgan fingerprint density at radius 2 is 1.17 bits per heavy atom. The van der Waals surface area contributed by atoms with Crippen molar-refractivity contribution < 1.29 is 47.9 Å². The smallest absolute Gasteiger partial charge is 0.338 e. The lowest BCUT2D eigenvalue weighted by Crippen LogP contribution is -2.31. The fraction of sp³-hybridized carbons (Fsp3) is 0.375. The van der Waals surface area contributed by atoms with Gasteiger partial charge in [-0.05, 0) is 24.3 Å². The van der Waals surface area contributed by atoms with Crippen LogP contribution in [-0.4, -0.2) is 52.6 Å². The summed E-state index contributed by atoms with van der Waals surface area (Å²) in [7, 11) is 7.25. The summed E-state index contributed by atoms with van der Waals surface area (Å²) in [6.07, 6.45) is -1.79. The number of hydrogen-bond donors (Lipinski definition) is 1. The lowest BCUT2D eigenvalue weighted by atomic mass is 9.74. The van der Waals surface area contributed by atoms with E-state index < -0.39 is 36.0 Å². The molecule has 0 saturated heterocycles. The molecular formula is C32H36O10. The van der Waals surface area contributed by atoms with E-state index in [4.69, 9.17) is 33.2 Å². The SMILES string of the molecule is COc1cc2c(c(O)c1OC)-c1c(cc(OC)c(OC)c1OC)[C@@H](OC(C)=O)[C@H](C)[C@@H](C)[C@H]2OC(=O)c1ccccc1. The molecule has 0 saturated carbocycles. The molecule has 0 unspecified atom stereocenters. The molecule has 0 aliphatic heterocycles. The number of carbonyl (C=O) groups excluding carboxylic acids is 2. The van der Waals surface area contributed by atoms with Gasteiger partial charge in [-0.15, -0.1) is 0 Å². The minimum Gasteiger partial charge on any atom is -0.504 e. The van der Waals surface area contributed by atoms with Gasteiger partial charge in [-0.25, -0.2) is 4.79 Å². The van der Waals surface area contributed by atoms with Crippen molar-refractivity contribution in [3.05, 3.63) is 59.2 Å². The van der Waals surface area contributed by atoms with E-state index >= 15 is 0 Å². The molecule has 1 aliphatic rings. The van der Waals surface area contributed by atoms with Gasteiger partial charge in [0.05, 0.1) is 41.1 Å². The molecule has 10 nitrogen and oxygen atoms in total. The van der Waals surface area contributed by atoms with Crippen molar-refractivity contribution >= 4 is 11.9 Å². The van der Waals surface area contributed by atoms with Crippen LogP contribution in [0.2, 0.25) is 0 Å². The number of phenols is 1. The van der Waals surface area contributed by atoms with Crippen LogP contribution in [0, 0.1) is 11.8 Å². The Morgan fingerprint density at radius 3 is 1.67 bits per heavy atom. The number of rotatable bonds is 8. The molecule has 4 atom stereocenters. The number of methoxy groups -OCH3 is 5. The van der Waals surface area contributed by atoms with E-state index in [-0.39, 0.29) is 34.3 Å². The van der Waals surface area contributed by atoms with Crippen LogP contribution in [0.5, 0.6) is 34.5 Å². The maximum absolute atomic E-state index is 13.5. The molecular weight excluding hydrogens is 544 g/mol. The van der Waals surface area contributed by atoms with Crippen molar-refractivity contribution in [3.8, 4) is 45.6 Å². The minimum absolute atomic E-state index is 0.0532. The van der Waals surface area contributed by atoms with Crippen LogP contribution in [0.15, 0.2) is 42.5 Å². The molecule has 0 heterocycles. The number of fused-ring (bicyclic) bond motifs is 3. The van der Waals surface area contributed by atoms with Gasteiger partial charge in [-0.2, -0.15) is 0 Å². The van der Waals surface area contributed by atoms with Crippen LogP contribution in [0.3, 0.4) is 0 Å². The van der Waals surface area contributed by atoms with Crippen molar-refractivity contribution in [2.24, 2.45) is 11.8 Å². The second-order valence-corrected chi connectivity index (χ2v) is 9.97. The molecule has 0 radical (unpaired) electrons. The standard InChI is InChI=1S/C32H36O10/c1-16-17(2)28(42-32(35)19-12-10-9-11-13-19)20-14-22(36-4)29(38-6)26(34)24(20)25-21(27(16)41-18(3)33)15-23(37-5)30(39-7)31(25)40-8/h9-17,27-28,34H,1-8H3/t16-,17-,27+,28-/m1/s1. The van der Waals surface area contributed by atoms with E-state index in [1.54, 1.807) is 42.5 Å². The monoisotopic (exact) mass is 580 g/mol. The van der Waals surface area contributed by atoms with Crippen molar-refractivity contribution in [2.75, 3.05) is 35.5 Å². The van der Waals surface area contributed by atoms with E-state index in [2.05, 4.69) is 0 Å². The van der Waals surface area contributed by atoms with Gasteiger partial charge in [-0.1, -0.05) is 32.0 Å². The van der Waals surface area contributed by atoms with Gasteiger partial charge in [0.2, 0.25) is 11.5 Å². The third kappa shape index (κ3) is 5.24. The summed E-state index contributed by atoms with van der Waals surface area (Å²) in [5.41, 5.74) is 1.88. The molecule has 1 aliphatic carbocycles. The van der Waals surface area contributed by atoms with Crippen LogP contribution in [0.4, 0.5) is 0 Å². The Balaban J connectivity index is 2.17. The fourth-order valence-corrected chi connectivity index (χ4v) is 5.54. The third-order valence-electron chi connectivity index (χ3n) is 7.72. The molecule has 10 heteroatoms.